The molecule has 2 heterocycles. The van der Waals surface area contributed by atoms with Gasteiger partial charge in [0.25, 0.3) is 0 Å². The summed E-state index contributed by atoms with van der Waals surface area (Å²) in [5, 5.41) is 9.78. The minimum absolute atomic E-state index is 0.115. The zero-order chi connectivity index (χ0) is 16.6. The maximum Gasteiger partial charge on any atom is 0.326 e. The highest BCUT2D eigenvalue weighted by Gasteiger charge is 2.42. The summed E-state index contributed by atoms with van der Waals surface area (Å²) in [5.74, 6) is -1.83. The molecule has 2 aliphatic heterocycles. The van der Waals surface area contributed by atoms with Gasteiger partial charge in [-0.15, -0.1) is 0 Å². The Hall–Kier alpha value is -2.08. The van der Waals surface area contributed by atoms with Crippen molar-refractivity contribution in [2.45, 2.75) is 25.3 Å². The van der Waals surface area contributed by atoms with E-state index in [1.54, 1.807) is 29.2 Å². The smallest absolute Gasteiger partial charge is 0.326 e. The van der Waals surface area contributed by atoms with Gasteiger partial charge in [-0.05, 0) is 37.1 Å². The summed E-state index contributed by atoms with van der Waals surface area (Å²) in [6.07, 6.45) is 1.28. The minimum Gasteiger partial charge on any atom is -0.480 e. The van der Waals surface area contributed by atoms with E-state index in [0.717, 1.165) is 0 Å². The van der Waals surface area contributed by atoms with E-state index >= 15 is 0 Å². The van der Waals surface area contributed by atoms with Gasteiger partial charge in [0, 0.05) is 30.2 Å². The fourth-order valence-electron chi connectivity index (χ4n) is 3.27. The van der Waals surface area contributed by atoms with E-state index < -0.39 is 17.9 Å². The van der Waals surface area contributed by atoms with E-state index in [-0.39, 0.29) is 24.8 Å². The van der Waals surface area contributed by atoms with Gasteiger partial charge >= 0.3 is 5.97 Å². The number of benzene rings is 1. The van der Waals surface area contributed by atoms with Crippen LogP contribution in [-0.2, 0) is 14.4 Å². The highest BCUT2D eigenvalue weighted by atomic mass is 35.5. The number of carboxylic acid groups (broad SMARTS) is 1. The molecule has 0 saturated carbocycles. The fraction of sp³-hybridized carbons (Fsp3) is 0.438. The van der Waals surface area contributed by atoms with E-state index in [4.69, 9.17) is 11.6 Å². The Morgan fingerprint density at radius 2 is 1.91 bits per heavy atom. The van der Waals surface area contributed by atoms with Crippen molar-refractivity contribution in [3.8, 4) is 0 Å². The zero-order valence-corrected chi connectivity index (χ0v) is 13.2. The summed E-state index contributed by atoms with van der Waals surface area (Å²) in [6, 6.07) is 6.11. The molecule has 0 radical (unpaired) electrons. The van der Waals surface area contributed by atoms with Crippen molar-refractivity contribution in [2.24, 2.45) is 5.92 Å². The minimum atomic E-state index is -0.977. The van der Waals surface area contributed by atoms with Crippen LogP contribution in [-0.4, -0.2) is 46.9 Å². The number of rotatable bonds is 3. The van der Waals surface area contributed by atoms with Crippen LogP contribution in [0.15, 0.2) is 24.3 Å². The molecule has 2 atom stereocenters. The molecule has 1 unspecified atom stereocenters. The third-order valence-electron chi connectivity index (χ3n) is 4.43. The Labute approximate surface area is 138 Å². The van der Waals surface area contributed by atoms with Crippen LogP contribution in [0.4, 0.5) is 5.69 Å². The molecular formula is C16H17ClN2O4. The Kier molecular flexibility index (Phi) is 4.26. The van der Waals surface area contributed by atoms with Crippen LogP contribution in [0.2, 0.25) is 5.02 Å². The molecule has 0 bridgehead atoms. The van der Waals surface area contributed by atoms with Crippen molar-refractivity contribution in [1.29, 1.82) is 0 Å². The molecule has 6 nitrogen and oxygen atoms in total. The van der Waals surface area contributed by atoms with Gasteiger partial charge in [0.1, 0.15) is 6.04 Å². The second-order valence-corrected chi connectivity index (χ2v) is 6.35. The molecule has 0 aliphatic carbocycles. The summed E-state index contributed by atoms with van der Waals surface area (Å²) in [4.78, 5) is 39.0. The molecule has 2 fully saturated rings. The monoisotopic (exact) mass is 336 g/mol. The first kappa shape index (κ1) is 15.8. The van der Waals surface area contributed by atoms with E-state index in [1.807, 2.05) is 0 Å². The Balaban J connectivity index is 1.73. The number of aliphatic carboxylic acids is 1. The van der Waals surface area contributed by atoms with Crippen molar-refractivity contribution >= 4 is 35.1 Å². The standard InChI is InChI=1S/C16H17ClN2O4/c17-11-3-5-12(6-4-11)19-9-10(8-14(19)20)15(21)18-7-1-2-13(18)16(22)23/h3-6,10,13H,1-2,7-9H2,(H,22,23)/t10?,13-/m0/s1. The molecule has 0 aromatic heterocycles. The van der Waals surface area contributed by atoms with Crippen molar-refractivity contribution in [3.63, 3.8) is 0 Å². The average Bonchev–Trinajstić information content (AvgIpc) is 3.14. The molecule has 23 heavy (non-hydrogen) atoms. The highest BCUT2D eigenvalue weighted by Crippen LogP contribution is 2.29. The summed E-state index contributed by atoms with van der Waals surface area (Å²) < 4.78 is 0. The molecule has 2 aliphatic rings. The lowest BCUT2D eigenvalue weighted by Crippen LogP contribution is -2.44. The number of halogens is 1. The van der Waals surface area contributed by atoms with Gasteiger partial charge in [0.2, 0.25) is 11.8 Å². The summed E-state index contributed by atoms with van der Waals surface area (Å²) in [6.45, 7) is 0.726. The SMILES string of the molecule is O=C(O)[C@@H]1CCCN1C(=O)C1CC(=O)N(c2ccc(Cl)cc2)C1. The second kappa shape index (κ2) is 6.20. The van der Waals surface area contributed by atoms with Gasteiger partial charge in [0.15, 0.2) is 0 Å². The van der Waals surface area contributed by atoms with Crippen molar-refractivity contribution in [1.82, 2.24) is 4.90 Å². The predicted octanol–water partition coefficient (Wildman–Crippen LogP) is 1.77. The number of nitrogens with zero attached hydrogens (tertiary/aromatic N) is 2. The lowest BCUT2D eigenvalue weighted by atomic mass is 10.1. The van der Waals surface area contributed by atoms with E-state index in [9.17, 15) is 19.5 Å². The molecule has 1 aromatic carbocycles. The number of carbonyl (C=O) groups is 3. The molecule has 2 amide bonds. The number of anilines is 1. The first-order chi connectivity index (χ1) is 11.0. The number of hydrogen-bond donors (Lipinski definition) is 1. The van der Waals surface area contributed by atoms with Crippen molar-refractivity contribution in [3.05, 3.63) is 29.3 Å². The first-order valence-corrected chi connectivity index (χ1v) is 7.94. The van der Waals surface area contributed by atoms with Crippen LogP contribution < -0.4 is 4.90 Å². The van der Waals surface area contributed by atoms with Crippen LogP contribution in [0.1, 0.15) is 19.3 Å². The van der Waals surface area contributed by atoms with E-state index in [1.165, 1.54) is 4.90 Å². The highest BCUT2D eigenvalue weighted by molar-refractivity contribution is 6.30. The summed E-state index contributed by atoms with van der Waals surface area (Å²) in [5.41, 5.74) is 0.700. The topological polar surface area (TPSA) is 77.9 Å². The maximum atomic E-state index is 12.6. The first-order valence-electron chi connectivity index (χ1n) is 7.56. The van der Waals surface area contributed by atoms with Crippen molar-refractivity contribution in [2.75, 3.05) is 18.0 Å². The van der Waals surface area contributed by atoms with Crippen LogP contribution in [0.5, 0.6) is 0 Å². The van der Waals surface area contributed by atoms with Gasteiger partial charge in [-0.25, -0.2) is 4.79 Å². The molecule has 1 aromatic rings. The molecule has 0 spiro atoms. The van der Waals surface area contributed by atoms with Gasteiger partial charge in [-0.3, -0.25) is 9.59 Å². The average molecular weight is 337 g/mol. The molecule has 1 N–H and O–H groups in total. The third-order valence-corrected chi connectivity index (χ3v) is 4.69. The number of carboxylic acids is 1. The number of hydrogen-bond acceptors (Lipinski definition) is 3. The van der Waals surface area contributed by atoms with Gasteiger partial charge < -0.3 is 14.9 Å². The molecule has 122 valence electrons. The van der Waals surface area contributed by atoms with Gasteiger partial charge in [-0.1, -0.05) is 11.6 Å². The number of carbonyl (C=O) groups excluding carboxylic acids is 2. The normalized spacial score (nSPS) is 24.3. The van der Waals surface area contributed by atoms with E-state index in [0.29, 0.717) is 30.1 Å². The Morgan fingerprint density at radius 1 is 1.22 bits per heavy atom. The van der Waals surface area contributed by atoms with Gasteiger partial charge in [-0.2, -0.15) is 0 Å². The van der Waals surface area contributed by atoms with Crippen LogP contribution >= 0.6 is 11.6 Å². The molecular weight excluding hydrogens is 320 g/mol. The quantitative estimate of drug-likeness (QED) is 0.912. The fourth-order valence-corrected chi connectivity index (χ4v) is 3.39. The van der Waals surface area contributed by atoms with Crippen LogP contribution in [0, 0.1) is 5.92 Å². The molecule has 3 rings (SSSR count). The van der Waals surface area contributed by atoms with Crippen LogP contribution in [0.25, 0.3) is 0 Å². The van der Waals surface area contributed by atoms with E-state index in [2.05, 4.69) is 0 Å². The van der Waals surface area contributed by atoms with Gasteiger partial charge in [0.05, 0.1) is 5.92 Å². The zero-order valence-electron chi connectivity index (χ0n) is 12.4. The summed E-state index contributed by atoms with van der Waals surface area (Å²) in [7, 11) is 0. The largest absolute Gasteiger partial charge is 0.480 e. The number of amides is 2. The molecule has 7 heteroatoms. The molecule has 2 saturated heterocycles. The third kappa shape index (κ3) is 3.03. The van der Waals surface area contributed by atoms with Crippen molar-refractivity contribution < 1.29 is 19.5 Å². The Bertz CT molecular complexity index is 646. The number of likely N-dealkylation sites (tertiary alicyclic amines) is 1. The lowest BCUT2D eigenvalue weighted by Gasteiger charge is -2.24. The Morgan fingerprint density at radius 3 is 2.57 bits per heavy atom. The predicted molar refractivity (Wildman–Crippen MR) is 84.3 cm³/mol. The van der Waals surface area contributed by atoms with Crippen LogP contribution in [0.3, 0.4) is 0 Å². The second-order valence-electron chi connectivity index (χ2n) is 5.91. The summed E-state index contributed by atoms with van der Waals surface area (Å²) >= 11 is 5.85. The lowest BCUT2D eigenvalue weighted by molar-refractivity contribution is -0.149. The maximum absolute atomic E-state index is 12.6.